The van der Waals surface area contributed by atoms with Crippen LogP contribution in [-0.4, -0.2) is 14.5 Å². The molecule has 0 spiro atoms. The van der Waals surface area contributed by atoms with Gasteiger partial charge in [0, 0.05) is 49.7 Å². The standard InChI is InChI=1S/C57H37N3O/c1-36-43-22-14-23-44(37-15-4-2-5-16-37)54(43)55-47-21-10-13-26-52(47)61-56(55)53(36)40-27-29-41(30-28-40)57-58-48(38-17-6-3-7-18-38)35-49(59-57)39-31-33-42(34-32-39)60-50-24-11-8-19-45(50)46-20-9-12-25-51(46)60/h2-35,53H,1H2. The second-order valence-corrected chi connectivity index (χ2v) is 15.8. The fourth-order valence-corrected chi connectivity index (χ4v) is 9.43. The first kappa shape index (κ1) is 34.9. The highest BCUT2D eigenvalue weighted by Gasteiger charge is 2.35. The Labute approximate surface area is 353 Å². The van der Waals surface area contributed by atoms with E-state index in [0.29, 0.717) is 5.82 Å². The largest absolute Gasteiger partial charge is 0.459 e. The Bertz CT molecular complexity index is 3420. The Kier molecular flexibility index (Phi) is 8.04. The molecule has 1 aliphatic rings. The molecule has 11 aromatic rings. The molecule has 0 saturated heterocycles. The van der Waals surface area contributed by atoms with E-state index in [1.165, 1.54) is 38.5 Å². The number of nitrogens with zero attached hydrogens (tertiary/aromatic N) is 3. The minimum Gasteiger partial charge on any atom is -0.459 e. The molecule has 1 unspecified atom stereocenters. The summed E-state index contributed by atoms with van der Waals surface area (Å²) >= 11 is 0. The zero-order valence-corrected chi connectivity index (χ0v) is 33.2. The van der Waals surface area contributed by atoms with Crippen LogP contribution in [0.25, 0.3) is 100 Å². The molecular formula is C57H37N3O. The summed E-state index contributed by atoms with van der Waals surface area (Å²) in [6, 6.07) is 72.5. The Morgan fingerprint density at radius 2 is 0.984 bits per heavy atom. The number of fused-ring (bicyclic) bond motifs is 8. The van der Waals surface area contributed by atoms with Crippen LogP contribution in [0.1, 0.15) is 22.8 Å². The minimum absolute atomic E-state index is 0.171. The molecule has 0 saturated carbocycles. The van der Waals surface area contributed by atoms with Gasteiger partial charge in [-0.1, -0.05) is 176 Å². The summed E-state index contributed by atoms with van der Waals surface area (Å²) in [6.45, 7) is 4.75. The van der Waals surface area contributed by atoms with Crippen molar-refractivity contribution < 1.29 is 4.42 Å². The van der Waals surface area contributed by atoms with Crippen LogP contribution in [0.15, 0.2) is 217 Å². The third kappa shape index (κ3) is 5.68. The molecule has 12 rings (SSSR count). The summed E-state index contributed by atoms with van der Waals surface area (Å²) < 4.78 is 9.15. The Hall–Kier alpha value is -8.08. The van der Waals surface area contributed by atoms with Gasteiger partial charge in [-0.3, -0.25) is 0 Å². The lowest BCUT2D eigenvalue weighted by Crippen LogP contribution is -2.11. The smallest absolute Gasteiger partial charge is 0.160 e. The molecule has 0 bridgehead atoms. The van der Waals surface area contributed by atoms with E-state index >= 15 is 0 Å². The van der Waals surface area contributed by atoms with Crippen molar-refractivity contribution in [1.82, 2.24) is 14.5 Å². The number of hydrogen-bond donors (Lipinski definition) is 0. The second-order valence-electron chi connectivity index (χ2n) is 15.8. The number of furan rings is 1. The van der Waals surface area contributed by atoms with Crippen LogP contribution < -0.4 is 0 Å². The molecule has 286 valence electrons. The predicted octanol–water partition coefficient (Wildman–Crippen LogP) is 14.8. The van der Waals surface area contributed by atoms with Crippen LogP contribution in [0.4, 0.5) is 0 Å². The van der Waals surface area contributed by atoms with Gasteiger partial charge in [0.15, 0.2) is 5.82 Å². The van der Waals surface area contributed by atoms with E-state index in [0.717, 1.165) is 72.8 Å². The summed E-state index contributed by atoms with van der Waals surface area (Å²) in [5.74, 6) is 1.41. The molecule has 4 heteroatoms. The molecule has 0 amide bonds. The first-order chi connectivity index (χ1) is 30.2. The fourth-order valence-electron chi connectivity index (χ4n) is 9.43. The maximum atomic E-state index is 6.81. The average Bonchev–Trinajstić information content (AvgIpc) is 3.88. The molecular weight excluding hydrogens is 743 g/mol. The van der Waals surface area contributed by atoms with Gasteiger partial charge in [-0.15, -0.1) is 0 Å². The second kappa shape index (κ2) is 14.0. The van der Waals surface area contributed by atoms with Crippen LogP contribution in [0.5, 0.6) is 0 Å². The molecule has 8 aromatic carbocycles. The van der Waals surface area contributed by atoms with Crippen molar-refractivity contribution in [3.05, 3.63) is 230 Å². The molecule has 0 fully saturated rings. The van der Waals surface area contributed by atoms with Crippen molar-refractivity contribution in [2.24, 2.45) is 0 Å². The molecule has 3 heterocycles. The lowest BCUT2D eigenvalue weighted by molar-refractivity contribution is 0.549. The number of para-hydroxylation sites is 3. The molecule has 4 nitrogen and oxygen atoms in total. The average molecular weight is 780 g/mol. The fraction of sp³-hybridized carbons (Fsp3) is 0.0175. The summed E-state index contributed by atoms with van der Waals surface area (Å²) in [7, 11) is 0. The molecule has 61 heavy (non-hydrogen) atoms. The minimum atomic E-state index is -0.171. The molecule has 0 radical (unpaired) electrons. The zero-order chi connectivity index (χ0) is 40.4. The van der Waals surface area contributed by atoms with Gasteiger partial charge in [0.05, 0.1) is 28.3 Å². The van der Waals surface area contributed by atoms with Gasteiger partial charge in [-0.05, 0) is 64.2 Å². The van der Waals surface area contributed by atoms with E-state index in [1.807, 2.05) is 12.1 Å². The van der Waals surface area contributed by atoms with Gasteiger partial charge < -0.3 is 8.98 Å². The summed E-state index contributed by atoms with van der Waals surface area (Å²) in [6.07, 6.45) is 0. The van der Waals surface area contributed by atoms with Crippen LogP contribution in [0.3, 0.4) is 0 Å². The first-order valence-corrected chi connectivity index (χ1v) is 20.7. The van der Waals surface area contributed by atoms with Crippen molar-refractivity contribution in [3.8, 4) is 61.8 Å². The molecule has 0 aliphatic heterocycles. The number of allylic oxidation sites excluding steroid dienone is 1. The van der Waals surface area contributed by atoms with E-state index in [4.69, 9.17) is 21.0 Å². The van der Waals surface area contributed by atoms with Crippen molar-refractivity contribution in [2.75, 3.05) is 0 Å². The summed E-state index contributed by atoms with van der Waals surface area (Å²) in [4.78, 5) is 10.4. The quantitative estimate of drug-likeness (QED) is 0.169. The van der Waals surface area contributed by atoms with Crippen LogP contribution in [0, 0.1) is 0 Å². The lowest BCUT2D eigenvalue weighted by Gasteiger charge is -2.29. The number of aromatic nitrogens is 3. The number of benzene rings is 8. The molecule has 1 atom stereocenters. The lowest BCUT2D eigenvalue weighted by atomic mass is 9.74. The van der Waals surface area contributed by atoms with Gasteiger partial charge in [0.1, 0.15) is 11.3 Å². The van der Waals surface area contributed by atoms with Crippen LogP contribution in [-0.2, 0) is 0 Å². The van der Waals surface area contributed by atoms with Crippen molar-refractivity contribution in [2.45, 2.75) is 5.92 Å². The highest BCUT2D eigenvalue weighted by atomic mass is 16.3. The monoisotopic (exact) mass is 779 g/mol. The van der Waals surface area contributed by atoms with E-state index in [9.17, 15) is 0 Å². The molecule has 1 aliphatic carbocycles. The van der Waals surface area contributed by atoms with Crippen LogP contribution >= 0.6 is 0 Å². The highest BCUT2D eigenvalue weighted by Crippen LogP contribution is 2.55. The van der Waals surface area contributed by atoms with E-state index in [-0.39, 0.29) is 5.92 Å². The van der Waals surface area contributed by atoms with Crippen molar-refractivity contribution in [1.29, 1.82) is 0 Å². The summed E-state index contributed by atoms with van der Waals surface area (Å²) in [5.41, 5.74) is 17.0. The van der Waals surface area contributed by atoms with Gasteiger partial charge in [0.25, 0.3) is 0 Å². The molecule has 0 N–H and O–H groups in total. The van der Waals surface area contributed by atoms with E-state index in [1.54, 1.807) is 0 Å². The Morgan fingerprint density at radius 3 is 1.66 bits per heavy atom. The number of hydrogen-bond acceptors (Lipinski definition) is 3. The SMILES string of the molecule is C=C1c2cccc(-c3ccccc3)c2-c2c(oc3ccccc23)C1c1ccc(-c2nc(-c3ccccc3)cc(-c3ccc(-n4c5ccccc5c5ccccc54)cc3)n2)cc1. The third-order valence-corrected chi connectivity index (χ3v) is 12.3. The van der Waals surface area contributed by atoms with Crippen LogP contribution in [0.2, 0.25) is 0 Å². The van der Waals surface area contributed by atoms with Crippen molar-refractivity contribution >= 4 is 38.3 Å². The molecule has 3 aromatic heterocycles. The first-order valence-electron chi connectivity index (χ1n) is 20.7. The van der Waals surface area contributed by atoms with E-state index in [2.05, 4.69) is 199 Å². The van der Waals surface area contributed by atoms with E-state index < -0.39 is 0 Å². The zero-order valence-electron chi connectivity index (χ0n) is 33.2. The topological polar surface area (TPSA) is 43.9 Å². The maximum Gasteiger partial charge on any atom is 0.160 e. The van der Waals surface area contributed by atoms with Gasteiger partial charge in [-0.25, -0.2) is 9.97 Å². The third-order valence-electron chi connectivity index (χ3n) is 12.3. The van der Waals surface area contributed by atoms with Gasteiger partial charge >= 0.3 is 0 Å². The predicted molar refractivity (Wildman–Crippen MR) is 251 cm³/mol. The van der Waals surface area contributed by atoms with Gasteiger partial charge in [0.2, 0.25) is 0 Å². The van der Waals surface area contributed by atoms with Gasteiger partial charge in [-0.2, -0.15) is 0 Å². The summed E-state index contributed by atoms with van der Waals surface area (Å²) in [5, 5.41) is 3.60. The Balaban J connectivity index is 0.946. The number of rotatable bonds is 6. The normalized spacial score (nSPS) is 13.4. The van der Waals surface area contributed by atoms with Crippen molar-refractivity contribution in [3.63, 3.8) is 0 Å². The Morgan fingerprint density at radius 1 is 0.443 bits per heavy atom. The highest BCUT2D eigenvalue weighted by molar-refractivity contribution is 6.10. The maximum absolute atomic E-state index is 6.81.